The smallest absolute Gasteiger partial charge is 0.164 e. The molecule has 0 radical (unpaired) electrons. The fourth-order valence-electron chi connectivity index (χ4n) is 5.42. The van der Waals surface area contributed by atoms with Crippen LogP contribution in [0.15, 0.2) is 164 Å². The Kier molecular flexibility index (Phi) is 7.74. The molecule has 0 amide bonds. The summed E-state index contributed by atoms with van der Waals surface area (Å²) in [6, 6.07) is 51.9. The third kappa shape index (κ3) is 6.08. The van der Waals surface area contributed by atoms with Gasteiger partial charge in [0.1, 0.15) is 0 Å². The molecule has 0 unspecified atom stereocenters. The van der Waals surface area contributed by atoms with E-state index in [-0.39, 0.29) is 0 Å². The van der Waals surface area contributed by atoms with Gasteiger partial charge in [0.25, 0.3) is 0 Å². The highest BCUT2D eigenvalue weighted by molar-refractivity contribution is 5.74. The normalized spacial score (nSPS) is 10.9. The number of nitrogens with zero attached hydrogens (tertiary/aromatic N) is 7. The van der Waals surface area contributed by atoms with Crippen LogP contribution in [0.1, 0.15) is 0 Å². The lowest BCUT2D eigenvalue weighted by atomic mass is 10.0. The van der Waals surface area contributed by atoms with Crippen LogP contribution in [0, 0.1) is 0 Å². The van der Waals surface area contributed by atoms with Gasteiger partial charge in [-0.05, 0) is 18.2 Å². The van der Waals surface area contributed by atoms with Crippen LogP contribution in [0.5, 0.6) is 0 Å². The Labute approximate surface area is 277 Å². The predicted molar refractivity (Wildman–Crippen MR) is 189 cm³/mol. The molecule has 48 heavy (non-hydrogen) atoms. The van der Waals surface area contributed by atoms with Gasteiger partial charge >= 0.3 is 0 Å². The molecule has 0 saturated carbocycles. The van der Waals surface area contributed by atoms with Crippen LogP contribution in [-0.4, -0.2) is 34.9 Å². The third-order valence-corrected chi connectivity index (χ3v) is 7.83. The van der Waals surface area contributed by atoms with Gasteiger partial charge in [0.2, 0.25) is 0 Å². The third-order valence-electron chi connectivity index (χ3n) is 7.83. The highest BCUT2D eigenvalue weighted by Crippen LogP contribution is 2.30. The summed E-state index contributed by atoms with van der Waals surface area (Å²) in [5, 5.41) is 0. The number of hydrogen-bond donors (Lipinski definition) is 0. The zero-order chi connectivity index (χ0) is 32.1. The lowest BCUT2D eigenvalue weighted by molar-refractivity contribution is 1.07. The minimum atomic E-state index is 0.569. The van der Waals surface area contributed by atoms with Crippen LogP contribution in [0.4, 0.5) is 0 Å². The second kappa shape index (κ2) is 12.9. The number of benzene rings is 5. The quantitative estimate of drug-likeness (QED) is 0.176. The van der Waals surface area contributed by atoms with E-state index in [2.05, 4.69) is 6.07 Å². The van der Waals surface area contributed by atoms with E-state index in [1.54, 1.807) is 6.20 Å². The Hall–Kier alpha value is -6.73. The Morgan fingerprint density at radius 3 is 0.958 bits per heavy atom. The van der Waals surface area contributed by atoms with Crippen molar-refractivity contribution in [2.45, 2.75) is 0 Å². The molecule has 5 aromatic carbocycles. The van der Waals surface area contributed by atoms with E-state index < -0.39 is 0 Å². The first-order valence-corrected chi connectivity index (χ1v) is 15.6. The molecule has 0 saturated heterocycles. The van der Waals surface area contributed by atoms with E-state index in [9.17, 15) is 0 Å². The first-order chi connectivity index (χ1) is 23.8. The summed E-state index contributed by atoms with van der Waals surface area (Å²) < 4.78 is 0. The molecule has 0 aliphatic carbocycles. The molecule has 0 N–H and O–H groups in total. The Morgan fingerprint density at radius 1 is 0.250 bits per heavy atom. The van der Waals surface area contributed by atoms with Crippen molar-refractivity contribution in [2.24, 2.45) is 0 Å². The summed E-state index contributed by atoms with van der Waals surface area (Å²) in [5.41, 5.74) is 7.06. The largest absolute Gasteiger partial charge is 0.256 e. The van der Waals surface area contributed by atoms with E-state index in [1.165, 1.54) is 0 Å². The van der Waals surface area contributed by atoms with Gasteiger partial charge in [0, 0.05) is 45.1 Å². The Bertz CT molecular complexity index is 2050. The molecule has 0 fully saturated rings. The van der Waals surface area contributed by atoms with Crippen LogP contribution in [0.25, 0.3) is 79.6 Å². The predicted octanol–water partition coefficient (Wildman–Crippen LogP) is 9.12. The summed E-state index contributed by atoms with van der Waals surface area (Å²) in [6.07, 6.45) is 1.79. The van der Waals surface area contributed by atoms with Crippen molar-refractivity contribution in [2.75, 3.05) is 0 Å². The SMILES string of the molecule is c1ccc(-c2nc(-c3ccccc3)nc(-c3cccc(-c4cc(-c5nc(-c6ccccc6)nc(-c6ccccc6)n5)ccn4)c3)n2)cc1. The summed E-state index contributed by atoms with van der Waals surface area (Å²) >= 11 is 0. The summed E-state index contributed by atoms with van der Waals surface area (Å²) in [4.78, 5) is 34.0. The van der Waals surface area contributed by atoms with Crippen LogP contribution in [0.3, 0.4) is 0 Å². The van der Waals surface area contributed by atoms with Crippen molar-refractivity contribution in [3.8, 4) is 79.6 Å². The molecule has 7 heteroatoms. The van der Waals surface area contributed by atoms with Crippen molar-refractivity contribution in [3.63, 3.8) is 0 Å². The molecule has 7 nitrogen and oxygen atoms in total. The van der Waals surface area contributed by atoms with Crippen LogP contribution < -0.4 is 0 Å². The average Bonchev–Trinajstić information content (AvgIpc) is 3.19. The van der Waals surface area contributed by atoms with E-state index in [4.69, 9.17) is 34.9 Å². The maximum Gasteiger partial charge on any atom is 0.164 e. The highest BCUT2D eigenvalue weighted by Gasteiger charge is 2.15. The van der Waals surface area contributed by atoms with Gasteiger partial charge in [-0.2, -0.15) is 0 Å². The Balaban J connectivity index is 1.21. The van der Waals surface area contributed by atoms with Gasteiger partial charge in [-0.25, -0.2) is 29.9 Å². The van der Waals surface area contributed by atoms with Crippen molar-refractivity contribution in [1.29, 1.82) is 0 Å². The van der Waals surface area contributed by atoms with Crippen molar-refractivity contribution in [3.05, 3.63) is 164 Å². The number of pyridine rings is 1. The van der Waals surface area contributed by atoms with Gasteiger partial charge in [0.15, 0.2) is 34.9 Å². The second-order valence-corrected chi connectivity index (χ2v) is 11.1. The summed E-state index contributed by atoms with van der Waals surface area (Å²) in [6.45, 7) is 0. The van der Waals surface area contributed by atoms with Crippen molar-refractivity contribution >= 4 is 0 Å². The van der Waals surface area contributed by atoms with Crippen LogP contribution in [0.2, 0.25) is 0 Å². The number of aromatic nitrogens is 7. The number of hydrogen-bond acceptors (Lipinski definition) is 7. The second-order valence-electron chi connectivity index (χ2n) is 11.1. The van der Waals surface area contributed by atoms with Crippen LogP contribution in [-0.2, 0) is 0 Å². The molecule has 3 heterocycles. The first kappa shape index (κ1) is 28.7. The molecule has 226 valence electrons. The monoisotopic (exact) mass is 617 g/mol. The minimum absolute atomic E-state index is 0.569. The fourth-order valence-corrected chi connectivity index (χ4v) is 5.42. The van der Waals surface area contributed by atoms with Crippen molar-refractivity contribution < 1.29 is 0 Å². The molecule has 0 aliphatic rings. The molecular formula is C41H27N7. The molecular weight excluding hydrogens is 591 g/mol. The fraction of sp³-hybridized carbons (Fsp3) is 0. The Morgan fingerprint density at radius 2 is 0.562 bits per heavy atom. The van der Waals surface area contributed by atoms with E-state index >= 15 is 0 Å². The summed E-state index contributed by atoms with van der Waals surface area (Å²) in [5.74, 6) is 3.60. The lowest BCUT2D eigenvalue weighted by Crippen LogP contribution is -2.01. The van der Waals surface area contributed by atoms with Gasteiger partial charge < -0.3 is 0 Å². The molecule has 0 bridgehead atoms. The molecule has 0 spiro atoms. The number of rotatable bonds is 7. The van der Waals surface area contributed by atoms with E-state index in [0.29, 0.717) is 34.9 Å². The van der Waals surface area contributed by atoms with Gasteiger partial charge in [-0.3, -0.25) is 4.98 Å². The zero-order valence-corrected chi connectivity index (χ0v) is 25.7. The van der Waals surface area contributed by atoms with Gasteiger partial charge in [-0.1, -0.05) is 140 Å². The van der Waals surface area contributed by atoms with Gasteiger partial charge in [-0.15, -0.1) is 0 Å². The average molecular weight is 618 g/mol. The maximum atomic E-state index is 4.91. The van der Waals surface area contributed by atoms with Crippen LogP contribution >= 0.6 is 0 Å². The van der Waals surface area contributed by atoms with Gasteiger partial charge in [0.05, 0.1) is 5.69 Å². The maximum absolute atomic E-state index is 4.91. The lowest BCUT2D eigenvalue weighted by Gasteiger charge is -2.10. The standard InChI is InChI=1S/C41H27N7/c1-5-14-28(15-6-1)36-43-37(29-16-7-2-8-17-29)46-40(45-36)33-23-13-22-32(26-33)35-27-34(24-25-42-35)41-47-38(30-18-9-3-10-19-30)44-39(48-41)31-20-11-4-12-21-31/h1-27H. The van der Waals surface area contributed by atoms with E-state index in [0.717, 1.165) is 44.6 Å². The minimum Gasteiger partial charge on any atom is -0.256 e. The first-order valence-electron chi connectivity index (χ1n) is 15.6. The zero-order valence-electron chi connectivity index (χ0n) is 25.7. The highest BCUT2D eigenvalue weighted by atomic mass is 15.0. The molecule has 0 aliphatic heterocycles. The van der Waals surface area contributed by atoms with E-state index in [1.807, 2.05) is 152 Å². The summed E-state index contributed by atoms with van der Waals surface area (Å²) in [7, 11) is 0. The molecule has 0 atom stereocenters. The molecule has 3 aromatic heterocycles. The topological polar surface area (TPSA) is 90.2 Å². The molecule has 8 rings (SSSR count). The van der Waals surface area contributed by atoms with Crippen molar-refractivity contribution in [1.82, 2.24) is 34.9 Å². The molecule has 8 aromatic rings.